The zero-order valence-electron chi connectivity index (χ0n) is 17.6. The van der Waals surface area contributed by atoms with Crippen molar-refractivity contribution in [2.75, 3.05) is 19.6 Å². The monoisotopic (exact) mass is 455 g/mol. The highest BCUT2D eigenvalue weighted by atomic mass is 32.2. The van der Waals surface area contributed by atoms with E-state index in [1.54, 1.807) is 12.1 Å². The lowest BCUT2D eigenvalue weighted by molar-refractivity contribution is -0.124. The quantitative estimate of drug-likeness (QED) is 0.626. The highest BCUT2D eigenvalue weighted by molar-refractivity contribution is 8.18. The minimum absolute atomic E-state index is 0.00217. The maximum atomic E-state index is 13.0. The second kappa shape index (κ2) is 10.2. The van der Waals surface area contributed by atoms with Gasteiger partial charge in [-0.2, -0.15) is 0 Å². The number of aryl methyl sites for hydroxylation is 2. The predicted octanol–water partition coefficient (Wildman–Crippen LogP) is 3.03. The van der Waals surface area contributed by atoms with Crippen LogP contribution in [0.4, 0.5) is 9.18 Å². The molecule has 0 saturated carbocycles. The molecule has 1 fully saturated rings. The van der Waals surface area contributed by atoms with Crippen molar-refractivity contribution in [3.63, 3.8) is 0 Å². The van der Waals surface area contributed by atoms with Crippen molar-refractivity contribution < 1.29 is 23.6 Å². The van der Waals surface area contributed by atoms with Gasteiger partial charge in [0.1, 0.15) is 5.82 Å². The van der Waals surface area contributed by atoms with Crippen LogP contribution < -0.4 is 10.6 Å². The van der Waals surface area contributed by atoms with Gasteiger partial charge in [-0.25, -0.2) is 4.39 Å². The molecule has 0 bridgehead atoms. The largest absolute Gasteiger partial charge is 0.353 e. The molecule has 2 aromatic carbocycles. The summed E-state index contributed by atoms with van der Waals surface area (Å²) in [6, 6.07) is 11.0. The number of rotatable bonds is 7. The Morgan fingerprint density at radius 3 is 2.34 bits per heavy atom. The van der Waals surface area contributed by atoms with Gasteiger partial charge < -0.3 is 10.6 Å². The molecule has 166 valence electrons. The molecule has 0 unspecified atom stereocenters. The third-order valence-corrected chi connectivity index (χ3v) is 5.50. The van der Waals surface area contributed by atoms with E-state index in [1.165, 1.54) is 30.3 Å². The summed E-state index contributed by atoms with van der Waals surface area (Å²) in [5.74, 6) is -1.65. The maximum Gasteiger partial charge on any atom is 0.293 e. The highest BCUT2D eigenvalue weighted by Crippen LogP contribution is 2.31. The molecular formula is C23H22FN3O4S. The summed E-state index contributed by atoms with van der Waals surface area (Å²) in [5.41, 5.74) is 2.97. The predicted molar refractivity (Wildman–Crippen MR) is 120 cm³/mol. The normalized spacial score (nSPS) is 14.7. The molecule has 1 saturated heterocycles. The Hall–Kier alpha value is -3.46. The van der Waals surface area contributed by atoms with Crippen LogP contribution in [0.15, 0.2) is 47.4 Å². The van der Waals surface area contributed by atoms with Crippen LogP contribution in [0.2, 0.25) is 0 Å². The van der Waals surface area contributed by atoms with Gasteiger partial charge >= 0.3 is 0 Å². The molecule has 1 heterocycles. The topological polar surface area (TPSA) is 95.6 Å². The van der Waals surface area contributed by atoms with E-state index in [0.717, 1.165) is 27.8 Å². The Labute approximate surface area is 189 Å². The molecule has 0 aromatic heterocycles. The second-order valence-corrected chi connectivity index (χ2v) is 8.29. The molecule has 1 aliphatic rings. The minimum Gasteiger partial charge on any atom is -0.353 e. The molecule has 4 amide bonds. The summed E-state index contributed by atoms with van der Waals surface area (Å²) in [6.07, 6.45) is 1.52. The number of carbonyl (C=O) groups excluding carboxylic acids is 4. The maximum absolute atomic E-state index is 13.0. The Morgan fingerprint density at radius 1 is 1.03 bits per heavy atom. The number of nitrogens with one attached hydrogen (secondary N) is 2. The van der Waals surface area contributed by atoms with E-state index >= 15 is 0 Å². The summed E-state index contributed by atoms with van der Waals surface area (Å²) in [5, 5.41) is 4.69. The van der Waals surface area contributed by atoms with E-state index in [1.807, 2.05) is 19.9 Å². The fraction of sp³-hybridized carbons (Fsp3) is 0.217. The summed E-state index contributed by atoms with van der Waals surface area (Å²) < 4.78 is 13.0. The van der Waals surface area contributed by atoms with Gasteiger partial charge in [0, 0.05) is 18.7 Å². The van der Waals surface area contributed by atoms with Crippen molar-refractivity contribution in [1.82, 2.24) is 15.5 Å². The Balaban J connectivity index is 1.46. The van der Waals surface area contributed by atoms with Gasteiger partial charge in [-0.1, -0.05) is 29.3 Å². The fourth-order valence-corrected chi connectivity index (χ4v) is 4.01. The Kier molecular flexibility index (Phi) is 7.42. The third kappa shape index (κ3) is 6.04. The van der Waals surface area contributed by atoms with Crippen molar-refractivity contribution in [3.05, 3.63) is 75.4 Å². The van der Waals surface area contributed by atoms with Crippen LogP contribution in [0.5, 0.6) is 0 Å². The van der Waals surface area contributed by atoms with Crippen LogP contribution in [0.1, 0.15) is 27.0 Å². The Bertz CT molecular complexity index is 1080. The number of benzene rings is 2. The molecule has 32 heavy (non-hydrogen) atoms. The van der Waals surface area contributed by atoms with E-state index in [-0.39, 0.29) is 30.4 Å². The van der Waals surface area contributed by atoms with E-state index in [9.17, 15) is 23.6 Å². The van der Waals surface area contributed by atoms with Crippen molar-refractivity contribution >= 4 is 40.8 Å². The number of carbonyl (C=O) groups is 4. The van der Waals surface area contributed by atoms with Gasteiger partial charge in [0.25, 0.3) is 17.1 Å². The first-order chi connectivity index (χ1) is 15.2. The van der Waals surface area contributed by atoms with Gasteiger partial charge in [0.2, 0.25) is 5.91 Å². The highest BCUT2D eigenvalue weighted by Gasteiger charge is 2.34. The van der Waals surface area contributed by atoms with E-state index in [2.05, 4.69) is 10.6 Å². The van der Waals surface area contributed by atoms with Crippen molar-refractivity contribution in [2.24, 2.45) is 0 Å². The average Bonchev–Trinajstić information content (AvgIpc) is 3.00. The van der Waals surface area contributed by atoms with Crippen LogP contribution in [0, 0.1) is 19.7 Å². The SMILES string of the molecule is Cc1cc(C)cc(C(=O)NCC(=O)NCCN2C(=O)S/C(=C\c3ccc(F)cc3)C2=O)c1. The lowest BCUT2D eigenvalue weighted by atomic mass is 10.1. The number of imide groups is 1. The molecule has 0 spiro atoms. The summed E-state index contributed by atoms with van der Waals surface area (Å²) in [4.78, 5) is 50.1. The first-order valence-corrected chi connectivity index (χ1v) is 10.7. The molecule has 9 heteroatoms. The first kappa shape index (κ1) is 23.2. The zero-order valence-corrected chi connectivity index (χ0v) is 18.4. The number of hydrogen-bond donors (Lipinski definition) is 2. The molecule has 1 aliphatic heterocycles. The van der Waals surface area contributed by atoms with Gasteiger partial charge in [-0.3, -0.25) is 24.1 Å². The molecule has 0 atom stereocenters. The summed E-state index contributed by atoms with van der Waals surface area (Å²) in [7, 11) is 0. The molecule has 0 radical (unpaired) electrons. The number of halogens is 1. The van der Waals surface area contributed by atoms with Crippen LogP contribution >= 0.6 is 11.8 Å². The van der Waals surface area contributed by atoms with Crippen molar-refractivity contribution in [3.8, 4) is 0 Å². The van der Waals surface area contributed by atoms with Crippen LogP contribution in [0.3, 0.4) is 0 Å². The third-order valence-electron chi connectivity index (χ3n) is 4.59. The molecule has 2 aromatic rings. The average molecular weight is 456 g/mol. The van der Waals surface area contributed by atoms with Crippen LogP contribution in [0.25, 0.3) is 6.08 Å². The summed E-state index contributed by atoms with van der Waals surface area (Å²) in [6.45, 7) is 3.60. The molecular weight excluding hydrogens is 433 g/mol. The van der Waals surface area contributed by atoms with E-state index in [0.29, 0.717) is 11.1 Å². The lowest BCUT2D eigenvalue weighted by Gasteiger charge is -2.13. The van der Waals surface area contributed by atoms with Gasteiger partial charge in [0.15, 0.2) is 0 Å². The summed E-state index contributed by atoms with van der Waals surface area (Å²) >= 11 is 0.789. The van der Waals surface area contributed by atoms with Crippen molar-refractivity contribution in [2.45, 2.75) is 13.8 Å². The number of thioether (sulfide) groups is 1. The number of amides is 4. The second-order valence-electron chi connectivity index (χ2n) is 7.29. The van der Waals surface area contributed by atoms with Gasteiger partial charge in [0.05, 0.1) is 11.4 Å². The molecule has 7 nitrogen and oxygen atoms in total. The number of hydrogen-bond acceptors (Lipinski definition) is 5. The zero-order chi connectivity index (χ0) is 23.3. The molecule has 3 rings (SSSR count). The molecule has 0 aliphatic carbocycles. The minimum atomic E-state index is -0.471. The first-order valence-electron chi connectivity index (χ1n) is 9.87. The number of nitrogens with zero attached hydrogens (tertiary/aromatic N) is 1. The van der Waals surface area contributed by atoms with E-state index in [4.69, 9.17) is 0 Å². The van der Waals surface area contributed by atoms with E-state index < -0.39 is 22.9 Å². The van der Waals surface area contributed by atoms with Crippen LogP contribution in [-0.2, 0) is 9.59 Å². The van der Waals surface area contributed by atoms with Crippen molar-refractivity contribution in [1.29, 1.82) is 0 Å². The lowest BCUT2D eigenvalue weighted by Crippen LogP contribution is -2.41. The fourth-order valence-electron chi connectivity index (χ4n) is 3.14. The Morgan fingerprint density at radius 2 is 1.69 bits per heavy atom. The standard InChI is InChI=1S/C23H22FN3O4S/c1-14-9-15(2)11-17(10-14)21(29)26-13-20(28)25-7-8-27-22(30)19(32-23(27)31)12-16-3-5-18(24)6-4-16/h3-6,9-12H,7-8,13H2,1-2H3,(H,25,28)(H,26,29)/b19-12-. The van der Waals surface area contributed by atoms with Gasteiger partial charge in [-0.15, -0.1) is 0 Å². The van der Waals surface area contributed by atoms with Crippen LogP contribution in [-0.4, -0.2) is 47.5 Å². The van der Waals surface area contributed by atoms with Gasteiger partial charge in [-0.05, 0) is 61.5 Å². The smallest absolute Gasteiger partial charge is 0.293 e. The molecule has 2 N–H and O–H groups in total.